The van der Waals surface area contributed by atoms with Gasteiger partial charge in [-0.1, -0.05) is 24.3 Å². The topological polar surface area (TPSA) is 130 Å². The van der Waals surface area contributed by atoms with Crippen LogP contribution < -0.4 is 24.0 Å². The van der Waals surface area contributed by atoms with Crippen LogP contribution in [0.5, 0.6) is 0 Å². The first-order valence-electron chi connectivity index (χ1n) is 5.58. The van der Waals surface area contributed by atoms with Crippen molar-refractivity contribution in [1.29, 1.82) is 0 Å². The summed E-state index contributed by atoms with van der Waals surface area (Å²) in [4.78, 5) is 10.6. The molecule has 0 spiro atoms. The van der Waals surface area contributed by atoms with E-state index in [9.17, 15) is 30.3 Å². The average Bonchev–Trinajstić information content (AvgIpc) is 2.41. The Morgan fingerprint density at radius 1 is 1.25 bits per heavy atom. The number of carbonyl (C=O) groups is 1. The molecular weight excluding hydrogens is 263 g/mol. The fraction of sp³-hybridized carbons (Fsp3) is 0.417. The number of aliphatic hydroxyl groups excluding tert-OH is 3. The second kappa shape index (κ2) is 6.24. The maximum atomic E-state index is 10.6. The van der Waals surface area contributed by atoms with Gasteiger partial charge < -0.3 is 35.1 Å². The van der Waals surface area contributed by atoms with E-state index in [1.165, 1.54) is 24.3 Å². The van der Waals surface area contributed by atoms with Crippen molar-refractivity contribution in [2.45, 2.75) is 24.1 Å². The number of carbonyl (C=O) groups excluding carboxylic acids is 1. The molecule has 7 nitrogen and oxygen atoms in total. The number of ether oxygens (including phenoxy) is 1. The van der Waals surface area contributed by atoms with E-state index in [0.29, 0.717) is 0 Å². The van der Waals surface area contributed by atoms with Crippen LogP contribution in [0.15, 0.2) is 24.3 Å². The third kappa shape index (κ3) is 2.89. The van der Waals surface area contributed by atoms with Crippen molar-refractivity contribution in [2.75, 3.05) is 6.61 Å². The molecule has 0 amide bonds. The van der Waals surface area contributed by atoms with Gasteiger partial charge in [0.25, 0.3) is 0 Å². The van der Waals surface area contributed by atoms with Crippen LogP contribution in [0.4, 0.5) is 0 Å². The van der Waals surface area contributed by atoms with Gasteiger partial charge in [0.15, 0.2) is 0 Å². The van der Waals surface area contributed by atoms with E-state index in [-0.39, 0.29) is 36.6 Å². The number of aliphatic hydroxyl groups is 4. The quantitative estimate of drug-likeness (QED) is 0.396. The predicted molar refractivity (Wildman–Crippen MR) is 58.6 cm³/mol. The van der Waals surface area contributed by atoms with Crippen molar-refractivity contribution in [3.8, 4) is 0 Å². The van der Waals surface area contributed by atoms with Gasteiger partial charge in [0.05, 0.1) is 12.6 Å². The number of aromatic carboxylic acids is 1. The third-order valence-electron chi connectivity index (χ3n) is 3.13. The monoisotopic (exact) mass is 276 g/mol. The normalized spacial score (nSPS) is 33.3. The van der Waals surface area contributed by atoms with Crippen LogP contribution in [-0.2, 0) is 10.5 Å². The number of carboxylic acid groups (broad SMARTS) is 1. The summed E-state index contributed by atoms with van der Waals surface area (Å²) in [6.07, 6.45) is -4.64. The maximum Gasteiger partial charge on any atom is 1.00 e. The molecule has 1 aliphatic rings. The Labute approximate surface area is 126 Å². The molecule has 1 heterocycles. The Morgan fingerprint density at radius 2 is 1.80 bits per heavy atom. The van der Waals surface area contributed by atoms with Gasteiger partial charge in [0.1, 0.15) is 18.3 Å². The van der Waals surface area contributed by atoms with E-state index < -0.39 is 30.1 Å². The number of rotatable bonds is 2. The molecule has 0 radical (unpaired) electrons. The summed E-state index contributed by atoms with van der Waals surface area (Å²) in [6.45, 7) is -0.364. The van der Waals surface area contributed by atoms with E-state index in [1.807, 2.05) is 0 Å². The van der Waals surface area contributed by atoms with Crippen LogP contribution in [0.2, 0.25) is 0 Å². The van der Waals surface area contributed by atoms with Gasteiger partial charge >= 0.3 is 18.9 Å². The van der Waals surface area contributed by atoms with Gasteiger partial charge in [-0.15, -0.1) is 0 Å². The molecular formula is C12H13LiO7. The van der Waals surface area contributed by atoms with Crippen molar-refractivity contribution >= 4 is 5.97 Å². The molecule has 1 aliphatic heterocycles. The van der Waals surface area contributed by atoms with Crippen molar-refractivity contribution in [2.24, 2.45) is 0 Å². The molecule has 1 aromatic rings. The Morgan fingerprint density at radius 3 is 2.30 bits per heavy atom. The minimum atomic E-state index is -2.21. The molecule has 8 heteroatoms. The summed E-state index contributed by atoms with van der Waals surface area (Å²) in [5, 5.41) is 49.5. The molecule has 0 saturated carbocycles. The number of hydrogen-bond acceptors (Lipinski definition) is 7. The van der Waals surface area contributed by atoms with Crippen molar-refractivity contribution in [3.05, 3.63) is 35.4 Å². The molecule has 4 N–H and O–H groups in total. The summed E-state index contributed by atoms with van der Waals surface area (Å²) < 4.78 is 4.98. The number of benzene rings is 1. The van der Waals surface area contributed by atoms with Crippen molar-refractivity contribution in [3.63, 3.8) is 0 Å². The average molecular weight is 276 g/mol. The molecule has 0 unspecified atom stereocenters. The van der Waals surface area contributed by atoms with Gasteiger partial charge in [0, 0.05) is 5.56 Å². The van der Waals surface area contributed by atoms with Crippen LogP contribution in [0.3, 0.4) is 0 Å². The first-order valence-corrected chi connectivity index (χ1v) is 5.58. The van der Waals surface area contributed by atoms with Crippen LogP contribution in [0.25, 0.3) is 0 Å². The Balaban J connectivity index is 0.00000200. The van der Waals surface area contributed by atoms with E-state index in [0.717, 1.165) is 0 Å². The molecule has 0 aliphatic carbocycles. The molecule has 0 aromatic heterocycles. The van der Waals surface area contributed by atoms with Crippen molar-refractivity contribution < 1.29 is 53.9 Å². The second-order valence-electron chi connectivity index (χ2n) is 4.38. The Kier molecular flexibility index (Phi) is 5.35. The molecule has 2 rings (SSSR count). The van der Waals surface area contributed by atoms with Gasteiger partial charge in [-0.2, -0.15) is 0 Å². The molecule has 0 bridgehead atoms. The van der Waals surface area contributed by atoms with Crippen LogP contribution >= 0.6 is 0 Å². The van der Waals surface area contributed by atoms with Gasteiger partial charge in [0.2, 0.25) is 5.79 Å². The zero-order chi connectivity index (χ0) is 14.2. The van der Waals surface area contributed by atoms with Crippen LogP contribution in [0.1, 0.15) is 15.9 Å². The zero-order valence-corrected chi connectivity index (χ0v) is 10.8. The van der Waals surface area contributed by atoms with E-state index in [1.54, 1.807) is 0 Å². The first kappa shape index (κ1) is 17.1. The minimum absolute atomic E-state index is 0. The SMILES string of the molecule is O=C([O-])c1ccc([C@]2(O)OC[C@@H](O)[C@H](O)[C@H]2O)cc1.[Li+]. The zero-order valence-electron chi connectivity index (χ0n) is 10.8. The standard InChI is InChI=1S/C12H14O7.Li/c13-8-5-19-12(18,10(15)9(8)14)7-3-1-6(2-4-7)11(16)17;/h1-4,8-10,13-15,18H,5H2,(H,16,17);/q;+1/p-1/t8-,9+,10-,12+;/m1./s1. The molecule has 1 fully saturated rings. The first-order chi connectivity index (χ1) is 8.86. The second-order valence-corrected chi connectivity index (χ2v) is 4.38. The smallest absolute Gasteiger partial charge is 0.545 e. The molecule has 20 heavy (non-hydrogen) atoms. The summed E-state index contributed by atoms with van der Waals surface area (Å²) in [5.41, 5.74) is -0.0332. The fourth-order valence-corrected chi connectivity index (χ4v) is 1.94. The van der Waals surface area contributed by atoms with E-state index in [4.69, 9.17) is 4.74 Å². The van der Waals surface area contributed by atoms with Gasteiger partial charge in [-0.25, -0.2) is 0 Å². The third-order valence-corrected chi connectivity index (χ3v) is 3.13. The largest absolute Gasteiger partial charge is 1.00 e. The minimum Gasteiger partial charge on any atom is -0.545 e. The number of carboxylic acids is 1. The van der Waals surface area contributed by atoms with Crippen molar-refractivity contribution in [1.82, 2.24) is 0 Å². The molecule has 1 aromatic carbocycles. The Hall–Kier alpha value is -0.913. The predicted octanol–water partition coefficient (Wildman–Crippen LogP) is -5.69. The van der Waals surface area contributed by atoms with E-state index in [2.05, 4.69) is 0 Å². The number of hydrogen-bond donors (Lipinski definition) is 4. The van der Waals surface area contributed by atoms with Crippen LogP contribution in [0, 0.1) is 0 Å². The van der Waals surface area contributed by atoms with E-state index >= 15 is 0 Å². The van der Waals surface area contributed by atoms with Gasteiger partial charge in [-0.05, 0) is 5.56 Å². The van der Waals surface area contributed by atoms with Gasteiger partial charge in [-0.3, -0.25) is 0 Å². The summed E-state index contributed by atoms with van der Waals surface area (Å²) >= 11 is 0. The molecule has 1 saturated heterocycles. The Bertz CT molecular complexity index is 477. The summed E-state index contributed by atoms with van der Waals surface area (Å²) in [7, 11) is 0. The summed E-state index contributed by atoms with van der Waals surface area (Å²) in [6, 6.07) is 4.82. The molecule has 104 valence electrons. The maximum absolute atomic E-state index is 10.6. The van der Waals surface area contributed by atoms with Crippen LogP contribution in [-0.4, -0.2) is 51.3 Å². The fourth-order valence-electron chi connectivity index (χ4n) is 1.94. The summed E-state index contributed by atoms with van der Waals surface area (Å²) in [5.74, 6) is -3.58. The molecule has 4 atom stereocenters.